The molecule has 0 N–H and O–H groups in total. The molecule has 0 spiro atoms. The number of fused-ring (bicyclic) bond motifs is 3. The molecule has 0 aliphatic heterocycles. The monoisotopic (exact) mass is 624 g/mol. The van der Waals surface area contributed by atoms with E-state index in [0.29, 0.717) is 0 Å². The zero-order chi connectivity index (χ0) is 32.6. The summed E-state index contributed by atoms with van der Waals surface area (Å²) in [4.78, 5) is 5.10. The van der Waals surface area contributed by atoms with Crippen LogP contribution < -0.4 is 0 Å². The van der Waals surface area contributed by atoms with Gasteiger partial charge >= 0.3 is 0 Å². The Morgan fingerprint density at radius 2 is 0.694 bits per heavy atom. The number of rotatable bonds is 6. The van der Waals surface area contributed by atoms with Gasteiger partial charge in [-0.1, -0.05) is 140 Å². The van der Waals surface area contributed by atoms with Crippen molar-refractivity contribution in [1.29, 1.82) is 0 Å². The second-order valence-corrected chi connectivity index (χ2v) is 12.4. The normalized spacial score (nSPS) is 11.3. The van der Waals surface area contributed by atoms with Crippen molar-refractivity contribution in [2.24, 2.45) is 0 Å². The molecule has 9 aromatic rings. The van der Waals surface area contributed by atoms with Gasteiger partial charge in [0.2, 0.25) is 0 Å². The fraction of sp³-hybridized carbons (Fsp3) is 0. The number of hydrogen-bond acceptors (Lipinski definition) is 1. The van der Waals surface area contributed by atoms with Gasteiger partial charge in [-0.3, -0.25) is 0 Å². The van der Waals surface area contributed by atoms with Crippen LogP contribution >= 0.6 is 0 Å². The summed E-state index contributed by atoms with van der Waals surface area (Å²) in [6, 6.07) is 69.2. The van der Waals surface area contributed by atoms with Gasteiger partial charge in [-0.15, -0.1) is 0 Å². The molecule has 0 bridgehead atoms. The van der Waals surface area contributed by atoms with Gasteiger partial charge in [-0.25, -0.2) is 4.98 Å². The van der Waals surface area contributed by atoms with E-state index < -0.39 is 0 Å². The Hall–Kier alpha value is -6.51. The number of para-hydroxylation sites is 1. The minimum Gasteiger partial charge on any atom is -0.309 e. The maximum atomic E-state index is 5.10. The largest absolute Gasteiger partial charge is 0.309 e. The second-order valence-electron chi connectivity index (χ2n) is 12.4. The lowest BCUT2D eigenvalue weighted by atomic mass is 9.96. The Bertz CT molecular complexity index is 2510. The van der Waals surface area contributed by atoms with Crippen LogP contribution in [0.25, 0.3) is 83.4 Å². The number of hydrogen-bond donors (Lipinski definition) is 0. The van der Waals surface area contributed by atoms with Crippen LogP contribution in [0, 0.1) is 0 Å². The van der Waals surface area contributed by atoms with Gasteiger partial charge < -0.3 is 4.57 Å². The summed E-state index contributed by atoms with van der Waals surface area (Å²) in [7, 11) is 0. The molecule has 0 amide bonds. The molecule has 0 saturated heterocycles. The van der Waals surface area contributed by atoms with Crippen LogP contribution in [0.1, 0.15) is 0 Å². The first-order valence-corrected chi connectivity index (χ1v) is 16.7. The summed E-state index contributed by atoms with van der Waals surface area (Å²) in [5, 5.41) is 2.48. The fourth-order valence-electron chi connectivity index (χ4n) is 6.96. The van der Waals surface area contributed by atoms with Crippen LogP contribution in [0.4, 0.5) is 0 Å². The lowest BCUT2D eigenvalue weighted by molar-refractivity contribution is 1.18. The highest BCUT2D eigenvalue weighted by molar-refractivity contribution is 6.11. The first-order chi connectivity index (χ1) is 24.3. The van der Waals surface area contributed by atoms with Crippen LogP contribution in [0.15, 0.2) is 194 Å². The molecule has 0 radical (unpaired) electrons. The molecule has 0 unspecified atom stereocenters. The molecule has 2 nitrogen and oxygen atoms in total. The predicted molar refractivity (Wildman–Crippen MR) is 206 cm³/mol. The molecule has 49 heavy (non-hydrogen) atoms. The van der Waals surface area contributed by atoms with Gasteiger partial charge in [0.1, 0.15) is 0 Å². The average Bonchev–Trinajstić information content (AvgIpc) is 3.52. The summed E-state index contributed by atoms with van der Waals surface area (Å²) in [5.74, 6) is 0. The second kappa shape index (κ2) is 12.3. The Kier molecular flexibility index (Phi) is 7.18. The van der Waals surface area contributed by atoms with E-state index in [1.807, 2.05) is 12.1 Å². The van der Waals surface area contributed by atoms with Crippen molar-refractivity contribution in [3.05, 3.63) is 194 Å². The predicted octanol–water partition coefficient (Wildman–Crippen LogP) is 12.5. The number of benzene rings is 7. The summed E-state index contributed by atoms with van der Waals surface area (Å²) in [5.41, 5.74) is 14.8. The third kappa shape index (κ3) is 5.40. The van der Waals surface area contributed by atoms with Crippen LogP contribution in [0.3, 0.4) is 0 Å². The van der Waals surface area contributed by atoms with E-state index in [1.165, 1.54) is 44.1 Å². The Balaban J connectivity index is 1.20. The van der Waals surface area contributed by atoms with Gasteiger partial charge in [0.15, 0.2) is 0 Å². The lowest BCUT2D eigenvalue weighted by Gasteiger charge is -2.12. The van der Waals surface area contributed by atoms with Crippen LogP contribution in [0.5, 0.6) is 0 Å². The molecule has 0 saturated carbocycles. The van der Waals surface area contributed by atoms with Crippen LogP contribution in [-0.2, 0) is 0 Å². The standard InChI is InChI=1S/C47H32N2/c1-5-14-33(15-6-1)38-24-26-46-42(29-38)43-30-39(25-27-47(43)49(46)41-22-11-4-12-23-41)36-20-13-21-37(28-36)40-31-44(34-16-7-2-8-17-34)48-45(32-40)35-18-9-3-10-19-35/h1-32H. The van der Waals surface area contributed by atoms with Crippen molar-refractivity contribution in [2.45, 2.75) is 0 Å². The molecular formula is C47H32N2. The Morgan fingerprint density at radius 1 is 0.286 bits per heavy atom. The quantitative estimate of drug-likeness (QED) is 0.180. The van der Waals surface area contributed by atoms with Crippen molar-refractivity contribution in [3.8, 4) is 61.6 Å². The summed E-state index contributed by atoms with van der Waals surface area (Å²) in [6.45, 7) is 0. The van der Waals surface area contributed by atoms with E-state index >= 15 is 0 Å². The highest BCUT2D eigenvalue weighted by Gasteiger charge is 2.15. The van der Waals surface area contributed by atoms with E-state index in [4.69, 9.17) is 4.98 Å². The van der Waals surface area contributed by atoms with E-state index in [9.17, 15) is 0 Å². The summed E-state index contributed by atoms with van der Waals surface area (Å²) < 4.78 is 2.38. The van der Waals surface area contributed by atoms with E-state index in [2.05, 4.69) is 187 Å². The van der Waals surface area contributed by atoms with Gasteiger partial charge in [-0.2, -0.15) is 0 Å². The van der Waals surface area contributed by atoms with Crippen LogP contribution in [0.2, 0.25) is 0 Å². The first-order valence-electron chi connectivity index (χ1n) is 16.7. The molecule has 0 atom stereocenters. The summed E-state index contributed by atoms with van der Waals surface area (Å²) in [6.07, 6.45) is 0. The van der Waals surface area contributed by atoms with Gasteiger partial charge in [0, 0.05) is 27.6 Å². The maximum absolute atomic E-state index is 5.10. The smallest absolute Gasteiger partial charge is 0.0715 e. The van der Waals surface area contributed by atoms with Crippen molar-refractivity contribution in [2.75, 3.05) is 0 Å². The van der Waals surface area contributed by atoms with Crippen molar-refractivity contribution in [3.63, 3.8) is 0 Å². The number of pyridine rings is 1. The van der Waals surface area contributed by atoms with E-state index in [1.54, 1.807) is 0 Å². The number of nitrogens with zero attached hydrogens (tertiary/aromatic N) is 2. The minimum atomic E-state index is 0.965. The van der Waals surface area contributed by atoms with Crippen LogP contribution in [-0.4, -0.2) is 9.55 Å². The number of aromatic nitrogens is 2. The van der Waals surface area contributed by atoms with E-state index in [0.717, 1.165) is 39.3 Å². The molecule has 2 aromatic heterocycles. The van der Waals surface area contributed by atoms with Crippen molar-refractivity contribution in [1.82, 2.24) is 9.55 Å². The zero-order valence-electron chi connectivity index (χ0n) is 26.9. The molecule has 2 heteroatoms. The first kappa shape index (κ1) is 28.7. The Labute approximate surface area is 286 Å². The molecule has 2 heterocycles. The third-order valence-electron chi connectivity index (χ3n) is 9.38. The summed E-state index contributed by atoms with van der Waals surface area (Å²) >= 11 is 0. The van der Waals surface area contributed by atoms with Crippen molar-refractivity contribution < 1.29 is 0 Å². The SMILES string of the molecule is c1ccc(-c2ccc3c(c2)c2cc(-c4cccc(-c5cc(-c6ccccc6)nc(-c6ccccc6)c5)c4)ccc2n3-c2ccccc2)cc1. The molecule has 0 aliphatic rings. The van der Waals surface area contributed by atoms with E-state index in [-0.39, 0.29) is 0 Å². The Morgan fingerprint density at radius 3 is 1.22 bits per heavy atom. The van der Waals surface area contributed by atoms with Gasteiger partial charge in [0.05, 0.1) is 22.4 Å². The third-order valence-corrected chi connectivity index (χ3v) is 9.38. The highest BCUT2D eigenvalue weighted by Crippen LogP contribution is 2.38. The van der Waals surface area contributed by atoms with Gasteiger partial charge in [0.25, 0.3) is 0 Å². The fourth-order valence-corrected chi connectivity index (χ4v) is 6.96. The minimum absolute atomic E-state index is 0.965. The lowest BCUT2D eigenvalue weighted by Crippen LogP contribution is -1.93. The molecular weight excluding hydrogens is 593 g/mol. The average molecular weight is 625 g/mol. The molecule has 0 aliphatic carbocycles. The van der Waals surface area contributed by atoms with Crippen molar-refractivity contribution >= 4 is 21.8 Å². The molecule has 9 rings (SSSR count). The molecule has 230 valence electrons. The molecule has 0 fully saturated rings. The zero-order valence-corrected chi connectivity index (χ0v) is 26.9. The maximum Gasteiger partial charge on any atom is 0.0715 e. The van der Waals surface area contributed by atoms with Gasteiger partial charge in [-0.05, 0) is 88.0 Å². The molecule has 7 aromatic carbocycles. The topological polar surface area (TPSA) is 17.8 Å². The highest BCUT2D eigenvalue weighted by atomic mass is 15.0.